The van der Waals surface area contributed by atoms with E-state index in [1.807, 2.05) is 0 Å². The van der Waals surface area contributed by atoms with Gasteiger partial charge in [0.2, 0.25) is 0 Å². The number of benzene rings is 1. The molecule has 2 rings (SSSR count). The summed E-state index contributed by atoms with van der Waals surface area (Å²) >= 11 is 0. The predicted octanol–water partition coefficient (Wildman–Crippen LogP) is 3.71. The molecular formula is C19H32N2. The SMILES string of the molecule is CCC1CCN(Cc2ccc(CCNCC(C)C)cc2)C1. The summed E-state index contributed by atoms with van der Waals surface area (Å²) in [4.78, 5) is 2.60. The standard InChI is InChI=1S/C19H32N2/c1-4-17-10-12-21(14-17)15-19-7-5-18(6-8-19)9-11-20-13-16(2)3/h5-8,16-17,20H,4,9-15H2,1-3H3. The van der Waals surface area contributed by atoms with Crippen molar-refractivity contribution in [1.82, 2.24) is 10.2 Å². The van der Waals surface area contributed by atoms with Crippen molar-refractivity contribution in [3.63, 3.8) is 0 Å². The Morgan fingerprint density at radius 3 is 2.52 bits per heavy atom. The molecule has 0 spiro atoms. The molecule has 1 N–H and O–H groups in total. The third kappa shape index (κ3) is 5.80. The first-order chi connectivity index (χ1) is 10.2. The molecule has 1 aliphatic heterocycles. The average Bonchev–Trinajstić information content (AvgIpc) is 2.93. The molecule has 21 heavy (non-hydrogen) atoms. The molecular weight excluding hydrogens is 256 g/mol. The quantitative estimate of drug-likeness (QED) is 0.734. The van der Waals surface area contributed by atoms with Crippen molar-refractivity contribution in [2.75, 3.05) is 26.2 Å². The fourth-order valence-electron chi connectivity index (χ4n) is 3.08. The zero-order valence-electron chi connectivity index (χ0n) is 14.1. The minimum absolute atomic E-state index is 0.736. The van der Waals surface area contributed by atoms with Crippen LogP contribution in [-0.4, -0.2) is 31.1 Å². The number of nitrogens with zero attached hydrogens (tertiary/aromatic N) is 1. The van der Waals surface area contributed by atoms with Crippen LogP contribution in [0.3, 0.4) is 0 Å². The van der Waals surface area contributed by atoms with Crippen LogP contribution in [-0.2, 0) is 13.0 Å². The summed E-state index contributed by atoms with van der Waals surface area (Å²) < 4.78 is 0. The van der Waals surface area contributed by atoms with Crippen LogP contribution in [0.2, 0.25) is 0 Å². The Bertz CT molecular complexity index is 397. The lowest BCUT2D eigenvalue weighted by atomic mass is 10.1. The Balaban J connectivity index is 1.72. The van der Waals surface area contributed by atoms with E-state index in [9.17, 15) is 0 Å². The molecule has 0 saturated carbocycles. The molecule has 0 aliphatic carbocycles. The van der Waals surface area contributed by atoms with E-state index < -0.39 is 0 Å². The number of hydrogen-bond acceptors (Lipinski definition) is 2. The highest BCUT2D eigenvalue weighted by molar-refractivity contribution is 5.22. The molecule has 1 aromatic rings. The molecule has 2 heteroatoms. The summed E-state index contributed by atoms with van der Waals surface area (Å²) in [5, 5.41) is 3.51. The first kappa shape index (κ1) is 16.5. The first-order valence-electron chi connectivity index (χ1n) is 8.68. The van der Waals surface area contributed by atoms with E-state index in [0.29, 0.717) is 0 Å². The highest BCUT2D eigenvalue weighted by Crippen LogP contribution is 2.21. The van der Waals surface area contributed by atoms with Crippen LogP contribution in [0.5, 0.6) is 0 Å². The second kappa shape index (κ2) is 8.55. The number of likely N-dealkylation sites (tertiary alicyclic amines) is 1. The fourth-order valence-corrected chi connectivity index (χ4v) is 3.08. The topological polar surface area (TPSA) is 15.3 Å². The van der Waals surface area contributed by atoms with E-state index in [1.54, 1.807) is 0 Å². The van der Waals surface area contributed by atoms with Crippen LogP contribution in [0.25, 0.3) is 0 Å². The highest BCUT2D eigenvalue weighted by Gasteiger charge is 2.20. The van der Waals surface area contributed by atoms with Crippen molar-refractivity contribution in [3.8, 4) is 0 Å². The highest BCUT2D eigenvalue weighted by atomic mass is 15.1. The smallest absolute Gasteiger partial charge is 0.0233 e. The minimum atomic E-state index is 0.736. The van der Waals surface area contributed by atoms with Gasteiger partial charge in [0.05, 0.1) is 0 Å². The fraction of sp³-hybridized carbons (Fsp3) is 0.684. The maximum atomic E-state index is 3.51. The van der Waals surface area contributed by atoms with E-state index in [4.69, 9.17) is 0 Å². The van der Waals surface area contributed by atoms with E-state index in [-0.39, 0.29) is 0 Å². The predicted molar refractivity (Wildman–Crippen MR) is 91.5 cm³/mol. The normalized spacial score (nSPS) is 19.5. The Kier molecular flexibility index (Phi) is 6.72. The molecule has 1 atom stereocenters. The molecule has 1 aromatic carbocycles. The second-order valence-electron chi connectivity index (χ2n) is 6.96. The lowest BCUT2D eigenvalue weighted by molar-refractivity contribution is 0.315. The van der Waals surface area contributed by atoms with Crippen LogP contribution in [0.15, 0.2) is 24.3 Å². The van der Waals surface area contributed by atoms with Gasteiger partial charge in [-0.1, -0.05) is 51.5 Å². The van der Waals surface area contributed by atoms with Crippen LogP contribution in [0.4, 0.5) is 0 Å². The summed E-state index contributed by atoms with van der Waals surface area (Å²) in [7, 11) is 0. The molecule has 1 unspecified atom stereocenters. The van der Waals surface area contributed by atoms with Crippen molar-refractivity contribution < 1.29 is 0 Å². The number of rotatable bonds is 8. The van der Waals surface area contributed by atoms with Gasteiger partial charge in [-0.15, -0.1) is 0 Å². The van der Waals surface area contributed by atoms with Gasteiger partial charge in [0.15, 0.2) is 0 Å². The van der Waals surface area contributed by atoms with Gasteiger partial charge in [0, 0.05) is 13.1 Å². The number of nitrogens with one attached hydrogen (secondary N) is 1. The first-order valence-corrected chi connectivity index (χ1v) is 8.68. The van der Waals surface area contributed by atoms with Crippen molar-refractivity contribution >= 4 is 0 Å². The zero-order chi connectivity index (χ0) is 15.1. The van der Waals surface area contributed by atoms with E-state index in [2.05, 4.69) is 55.3 Å². The summed E-state index contributed by atoms with van der Waals surface area (Å²) in [5.74, 6) is 1.66. The van der Waals surface area contributed by atoms with Gasteiger partial charge in [0.25, 0.3) is 0 Å². The second-order valence-corrected chi connectivity index (χ2v) is 6.96. The lowest BCUT2D eigenvalue weighted by Crippen LogP contribution is -2.22. The Morgan fingerprint density at radius 2 is 1.90 bits per heavy atom. The molecule has 0 radical (unpaired) electrons. The van der Waals surface area contributed by atoms with Gasteiger partial charge in [0.1, 0.15) is 0 Å². The van der Waals surface area contributed by atoms with Gasteiger partial charge >= 0.3 is 0 Å². The summed E-state index contributed by atoms with van der Waals surface area (Å²) in [5.41, 5.74) is 2.91. The van der Waals surface area contributed by atoms with E-state index in [1.165, 1.54) is 37.1 Å². The van der Waals surface area contributed by atoms with Gasteiger partial charge in [-0.3, -0.25) is 4.90 Å². The molecule has 1 aliphatic rings. The zero-order valence-corrected chi connectivity index (χ0v) is 14.1. The van der Waals surface area contributed by atoms with Gasteiger partial charge in [-0.2, -0.15) is 0 Å². The molecule has 1 fully saturated rings. The maximum absolute atomic E-state index is 3.51. The molecule has 0 amide bonds. The average molecular weight is 288 g/mol. The van der Waals surface area contributed by atoms with E-state index >= 15 is 0 Å². The largest absolute Gasteiger partial charge is 0.316 e. The van der Waals surface area contributed by atoms with Gasteiger partial charge < -0.3 is 5.32 Å². The van der Waals surface area contributed by atoms with Crippen molar-refractivity contribution in [1.29, 1.82) is 0 Å². The summed E-state index contributed by atoms with van der Waals surface area (Å²) in [6.07, 6.45) is 3.85. The Morgan fingerprint density at radius 1 is 1.19 bits per heavy atom. The van der Waals surface area contributed by atoms with Gasteiger partial charge in [-0.05, 0) is 55.4 Å². The third-order valence-corrected chi connectivity index (χ3v) is 4.52. The lowest BCUT2D eigenvalue weighted by Gasteiger charge is -2.16. The molecule has 1 heterocycles. The monoisotopic (exact) mass is 288 g/mol. The van der Waals surface area contributed by atoms with Crippen LogP contribution >= 0.6 is 0 Å². The van der Waals surface area contributed by atoms with Crippen LogP contribution in [0.1, 0.15) is 44.7 Å². The Labute approximate surface area is 130 Å². The van der Waals surface area contributed by atoms with E-state index in [0.717, 1.165) is 37.9 Å². The van der Waals surface area contributed by atoms with Crippen LogP contribution < -0.4 is 5.32 Å². The Hall–Kier alpha value is -0.860. The third-order valence-electron chi connectivity index (χ3n) is 4.52. The maximum Gasteiger partial charge on any atom is 0.0233 e. The minimum Gasteiger partial charge on any atom is -0.316 e. The van der Waals surface area contributed by atoms with Crippen molar-refractivity contribution in [2.24, 2.45) is 11.8 Å². The molecule has 2 nitrogen and oxygen atoms in total. The van der Waals surface area contributed by atoms with Crippen molar-refractivity contribution in [3.05, 3.63) is 35.4 Å². The number of hydrogen-bond donors (Lipinski definition) is 1. The molecule has 0 bridgehead atoms. The summed E-state index contributed by atoms with van der Waals surface area (Å²) in [6, 6.07) is 9.24. The summed E-state index contributed by atoms with van der Waals surface area (Å²) in [6.45, 7) is 12.7. The van der Waals surface area contributed by atoms with Crippen LogP contribution in [0, 0.1) is 11.8 Å². The van der Waals surface area contributed by atoms with Crippen molar-refractivity contribution in [2.45, 2.75) is 46.6 Å². The molecule has 0 aromatic heterocycles. The van der Waals surface area contributed by atoms with Gasteiger partial charge in [-0.25, -0.2) is 0 Å². The molecule has 1 saturated heterocycles. The molecule has 118 valence electrons.